The highest BCUT2D eigenvalue weighted by molar-refractivity contribution is 6.99. The standard InChI is InChI=1S/C37H34F3N5O2Si/c1-25-24-45-21-20-26(22-33(45)43-25)35-29(16-18-32(41-5)44-35)30-23-42-34(46-30)19-17-31(37(38,39)40)47-48(36(2,3)4,27-12-8-6-9-13-27)28-14-10-7-11-15-28/h6-16,18,20-24,31H,17,19H2,1-4H3. The van der Waals surface area contributed by atoms with Gasteiger partial charge in [-0.25, -0.2) is 9.97 Å². The number of alkyl halides is 3. The Morgan fingerprint density at radius 1 is 0.938 bits per heavy atom. The van der Waals surface area contributed by atoms with Crippen molar-refractivity contribution >= 4 is 30.2 Å². The van der Waals surface area contributed by atoms with E-state index < -0.39 is 25.6 Å². The molecule has 0 bridgehead atoms. The second-order valence-electron chi connectivity index (χ2n) is 12.7. The Bertz CT molecular complexity index is 2040. The normalized spacial score (nSPS) is 13.0. The third-order valence-electron chi connectivity index (χ3n) is 8.39. The minimum atomic E-state index is -4.64. The number of hydrogen-bond donors (Lipinski definition) is 0. The molecular formula is C37H34F3N5O2Si. The number of hydrogen-bond acceptors (Lipinski definition) is 5. The van der Waals surface area contributed by atoms with Crippen molar-refractivity contribution in [1.29, 1.82) is 0 Å². The highest BCUT2D eigenvalue weighted by Crippen LogP contribution is 2.41. The van der Waals surface area contributed by atoms with Crippen LogP contribution in [-0.2, 0) is 10.8 Å². The van der Waals surface area contributed by atoms with E-state index >= 15 is 0 Å². The smallest absolute Gasteiger partial charge is 0.413 e. The lowest BCUT2D eigenvalue weighted by Gasteiger charge is -2.45. The van der Waals surface area contributed by atoms with Gasteiger partial charge in [-0.2, -0.15) is 13.2 Å². The van der Waals surface area contributed by atoms with Gasteiger partial charge in [0.05, 0.1) is 17.5 Å². The molecule has 0 saturated heterocycles. The van der Waals surface area contributed by atoms with E-state index in [1.165, 1.54) is 6.20 Å². The molecular weight excluding hydrogens is 632 g/mol. The quantitative estimate of drug-likeness (QED) is 0.115. The highest BCUT2D eigenvalue weighted by Gasteiger charge is 2.55. The van der Waals surface area contributed by atoms with Gasteiger partial charge in [0.15, 0.2) is 17.3 Å². The Kier molecular flexibility index (Phi) is 8.81. The van der Waals surface area contributed by atoms with Crippen LogP contribution >= 0.6 is 0 Å². The predicted octanol–water partition coefficient (Wildman–Crippen LogP) is 8.35. The first-order chi connectivity index (χ1) is 22.9. The van der Waals surface area contributed by atoms with Crippen molar-refractivity contribution in [3.8, 4) is 22.6 Å². The third kappa shape index (κ3) is 6.41. The summed E-state index contributed by atoms with van der Waals surface area (Å²) in [4.78, 5) is 16.9. The van der Waals surface area contributed by atoms with Crippen LogP contribution in [0.15, 0.2) is 108 Å². The molecule has 4 aromatic heterocycles. The Hall–Kier alpha value is -5.05. The number of aryl methyl sites for hydroxylation is 2. The molecule has 7 nitrogen and oxygen atoms in total. The summed E-state index contributed by atoms with van der Waals surface area (Å²) in [6.07, 6.45) is -1.96. The number of benzene rings is 2. The lowest BCUT2D eigenvalue weighted by molar-refractivity contribution is -0.199. The van der Waals surface area contributed by atoms with Gasteiger partial charge in [-0.05, 0) is 47.0 Å². The van der Waals surface area contributed by atoms with E-state index in [1.54, 1.807) is 12.1 Å². The molecule has 1 atom stereocenters. The average molecular weight is 666 g/mol. The lowest BCUT2D eigenvalue weighted by atomic mass is 10.1. The molecule has 48 heavy (non-hydrogen) atoms. The zero-order valence-electron chi connectivity index (χ0n) is 27.0. The number of halogens is 3. The van der Waals surface area contributed by atoms with Crippen LogP contribution in [0.4, 0.5) is 19.0 Å². The molecule has 0 aliphatic carbocycles. The van der Waals surface area contributed by atoms with Crippen molar-refractivity contribution in [1.82, 2.24) is 19.4 Å². The van der Waals surface area contributed by atoms with Crippen molar-refractivity contribution < 1.29 is 22.0 Å². The van der Waals surface area contributed by atoms with E-state index in [-0.39, 0.29) is 24.6 Å². The second-order valence-corrected chi connectivity index (χ2v) is 17.0. The summed E-state index contributed by atoms with van der Waals surface area (Å²) in [5, 5.41) is 0.903. The van der Waals surface area contributed by atoms with E-state index in [4.69, 9.17) is 15.4 Å². The van der Waals surface area contributed by atoms with Crippen LogP contribution < -0.4 is 10.4 Å². The highest BCUT2D eigenvalue weighted by atomic mass is 28.4. The molecule has 6 aromatic rings. The zero-order valence-corrected chi connectivity index (χ0v) is 28.0. The summed E-state index contributed by atoms with van der Waals surface area (Å²) in [5.74, 6) is 0.672. The van der Waals surface area contributed by atoms with Gasteiger partial charge in [0.2, 0.25) is 0 Å². The van der Waals surface area contributed by atoms with Gasteiger partial charge in [-0.1, -0.05) is 94.1 Å². The summed E-state index contributed by atoms with van der Waals surface area (Å²) in [5.41, 5.74) is 3.32. The van der Waals surface area contributed by atoms with E-state index in [0.29, 0.717) is 28.2 Å². The Morgan fingerprint density at radius 3 is 2.21 bits per heavy atom. The molecule has 11 heteroatoms. The van der Waals surface area contributed by atoms with E-state index in [1.807, 2.05) is 117 Å². The van der Waals surface area contributed by atoms with Crippen molar-refractivity contribution in [2.75, 3.05) is 0 Å². The van der Waals surface area contributed by atoms with Gasteiger partial charge in [0, 0.05) is 24.4 Å². The fourth-order valence-electron chi connectivity index (χ4n) is 6.18. The van der Waals surface area contributed by atoms with Gasteiger partial charge in [0.25, 0.3) is 14.1 Å². The fraction of sp³-hybridized carbons (Fsp3) is 0.243. The molecule has 0 fully saturated rings. The molecule has 0 N–H and O–H groups in total. The van der Waals surface area contributed by atoms with Gasteiger partial charge in [-0.3, -0.25) is 0 Å². The molecule has 2 aromatic carbocycles. The first-order valence-corrected chi connectivity index (χ1v) is 17.4. The molecule has 1 unspecified atom stereocenters. The van der Waals surface area contributed by atoms with E-state index in [2.05, 4.69) is 19.8 Å². The predicted molar refractivity (Wildman–Crippen MR) is 182 cm³/mol. The summed E-state index contributed by atoms with van der Waals surface area (Å²) in [6.45, 7) is 15.2. The fourth-order valence-corrected chi connectivity index (χ4v) is 10.9. The van der Waals surface area contributed by atoms with Crippen LogP contribution in [-0.4, -0.2) is 40.0 Å². The van der Waals surface area contributed by atoms with Crippen LogP contribution in [0.3, 0.4) is 0 Å². The minimum absolute atomic E-state index is 0.107. The van der Waals surface area contributed by atoms with Gasteiger partial charge < -0.3 is 18.1 Å². The maximum absolute atomic E-state index is 14.9. The number of oxazole rings is 1. The SMILES string of the molecule is [C-]#[N+]c1ccc(-c2cnc(CCC(O[Si](c3ccccc3)(c3ccccc3)C(C)(C)C)C(F)(F)F)o2)c(-c2ccn3cc(C)nc3c2)n1. The van der Waals surface area contributed by atoms with E-state index in [9.17, 15) is 13.2 Å². The largest absolute Gasteiger partial charge is 0.441 e. The Labute approximate surface area is 278 Å². The summed E-state index contributed by atoms with van der Waals surface area (Å²) in [6, 6.07) is 25.6. The number of aromatic nitrogens is 4. The maximum Gasteiger partial charge on any atom is 0.413 e. The summed E-state index contributed by atoms with van der Waals surface area (Å²) < 4.78 is 59.1. The van der Waals surface area contributed by atoms with Crippen LogP contribution in [0.1, 0.15) is 38.8 Å². The topological polar surface area (TPSA) is 69.8 Å². The molecule has 6 rings (SSSR count). The Balaban J connectivity index is 1.33. The molecule has 244 valence electrons. The molecule has 0 amide bonds. The number of fused-ring (bicyclic) bond motifs is 1. The molecule has 4 heterocycles. The third-order valence-corrected chi connectivity index (χ3v) is 13.4. The van der Waals surface area contributed by atoms with Crippen LogP contribution in [0.2, 0.25) is 5.04 Å². The van der Waals surface area contributed by atoms with Crippen molar-refractivity contribution in [2.24, 2.45) is 0 Å². The maximum atomic E-state index is 14.9. The lowest BCUT2D eigenvalue weighted by Crippen LogP contribution is -2.68. The monoisotopic (exact) mass is 665 g/mol. The number of rotatable bonds is 9. The number of pyridine rings is 2. The molecule has 0 aliphatic heterocycles. The van der Waals surface area contributed by atoms with Crippen molar-refractivity contribution in [3.63, 3.8) is 0 Å². The van der Waals surface area contributed by atoms with Crippen LogP contribution in [0.5, 0.6) is 0 Å². The number of nitrogens with zero attached hydrogens (tertiary/aromatic N) is 5. The zero-order chi connectivity index (χ0) is 34.1. The average Bonchev–Trinajstić information content (AvgIpc) is 3.69. The van der Waals surface area contributed by atoms with E-state index in [0.717, 1.165) is 16.1 Å². The van der Waals surface area contributed by atoms with Crippen molar-refractivity contribution in [2.45, 2.75) is 57.9 Å². The summed E-state index contributed by atoms with van der Waals surface area (Å²) in [7, 11) is -3.49. The molecule has 0 spiro atoms. The molecule has 0 aliphatic rings. The minimum Gasteiger partial charge on any atom is -0.441 e. The second kappa shape index (κ2) is 12.9. The van der Waals surface area contributed by atoms with Crippen molar-refractivity contribution in [3.05, 3.63) is 127 Å². The first kappa shape index (κ1) is 32.9. The van der Waals surface area contributed by atoms with Gasteiger partial charge in [-0.15, -0.1) is 4.98 Å². The van der Waals surface area contributed by atoms with Crippen LogP contribution in [0, 0.1) is 13.5 Å². The first-order valence-electron chi connectivity index (χ1n) is 15.5. The Morgan fingerprint density at radius 2 is 1.60 bits per heavy atom. The van der Waals surface area contributed by atoms with Crippen LogP contribution in [0.25, 0.3) is 33.1 Å². The molecule has 0 saturated carbocycles. The van der Waals surface area contributed by atoms with Gasteiger partial charge >= 0.3 is 6.18 Å². The summed E-state index contributed by atoms with van der Waals surface area (Å²) >= 11 is 0. The van der Waals surface area contributed by atoms with Gasteiger partial charge in [0.1, 0.15) is 11.8 Å². The molecule has 0 radical (unpaired) electrons. The number of imidazole rings is 1.